The molecule has 52 heavy (non-hydrogen) atoms. The topological polar surface area (TPSA) is 129 Å². The van der Waals surface area contributed by atoms with Gasteiger partial charge in [-0.25, -0.2) is 4.79 Å². The molecule has 0 spiro atoms. The van der Waals surface area contributed by atoms with Crippen LogP contribution in [0, 0.1) is 29.6 Å². The summed E-state index contributed by atoms with van der Waals surface area (Å²) in [5.74, 6) is -5.09. The summed E-state index contributed by atoms with van der Waals surface area (Å²) < 4.78 is 24.4. The Kier molecular flexibility index (Phi) is 15.7. The number of fused-ring (bicyclic) bond motifs is 3. The zero-order valence-electron chi connectivity index (χ0n) is 33.2. The number of Topliss-reactive ketones (excluding diaryl/α,β-unsaturated/α-hetero) is 2. The van der Waals surface area contributed by atoms with E-state index in [1.165, 1.54) is 24.2 Å². The molecule has 1 N–H and O–H groups in total. The Balaban J connectivity index is 1.73. The van der Waals surface area contributed by atoms with Crippen LogP contribution in [0.3, 0.4) is 0 Å². The van der Waals surface area contributed by atoms with Crippen molar-refractivity contribution in [2.24, 2.45) is 29.6 Å². The Labute approximate surface area is 312 Å². The molecule has 0 aromatic heterocycles. The summed E-state index contributed by atoms with van der Waals surface area (Å²) >= 11 is 0. The van der Waals surface area contributed by atoms with Gasteiger partial charge in [0.25, 0.3) is 11.7 Å². The van der Waals surface area contributed by atoms with Gasteiger partial charge in [-0.1, -0.05) is 71.1 Å². The lowest BCUT2D eigenvalue weighted by atomic mass is 9.82. The van der Waals surface area contributed by atoms with Crippen molar-refractivity contribution in [2.75, 3.05) is 20.8 Å². The number of carbonyl (C=O) groups excluding carboxylic acids is 4. The number of piperidine rings is 1. The first-order chi connectivity index (χ1) is 24.7. The first-order valence-electron chi connectivity index (χ1n) is 20.1. The van der Waals surface area contributed by atoms with E-state index in [0.29, 0.717) is 44.4 Å². The van der Waals surface area contributed by atoms with E-state index in [4.69, 9.17) is 18.9 Å². The molecule has 4 aliphatic rings. The molecule has 10 atom stereocenters. The molecule has 294 valence electrons. The van der Waals surface area contributed by atoms with Gasteiger partial charge in [0, 0.05) is 39.5 Å². The Hall–Kier alpha value is -2.40. The average molecular weight is 730 g/mol. The minimum absolute atomic E-state index is 0.125. The zero-order chi connectivity index (χ0) is 38.2. The summed E-state index contributed by atoms with van der Waals surface area (Å²) in [7, 11) is 3.13. The fraction of sp³-hybridized carbons (Fsp3) is 0.810. The van der Waals surface area contributed by atoms with Crippen molar-refractivity contribution in [2.45, 2.75) is 168 Å². The molecule has 0 radical (unpaired) electrons. The lowest BCUT2D eigenvalue weighted by Gasteiger charge is -2.47. The Bertz CT molecular complexity index is 1300. The number of hydrogen-bond acceptors (Lipinski definition) is 9. The van der Waals surface area contributed by atoms with Gasteiger partial charge in [0.1, 0.15) is 24.0 Å². The average Bonchev–Trinajstić information content (AvgIpc) is 3.14. The zero-order valence-corrected chi connectivity index (χ0v) is 33.2. The van der Waals surface area contributed by atoms with Crippen LogP contribution in [0.4, 0.5) is 0 Å². The highest BCUT2D eigenvalue weighted by Crippen LogP contribution is 2.39. The number of rotatable bonds is 5. The van der Waals surface area contributed by atoms with Crippen molar-refractivity contribution in [1.82, 2.24) is 4.90 Å². The number of allylic oxidation sites excluding steroid dienone is 3. The number of aliphatic hydroxyl groups is 1. The maximum atomic E-state index is 14.3. The largest absolute Gasteiger partial charge is 0.456 e. The monoisotopic (exact) mass is 729 g/mol. The van der Waals surface area contributed by atoms with Crippen LogP contribution in [0.5, 0.6) is 0 Å². The van der Waals surface area contributed by atoms with Crippen molar-refractivity contribution in [3.63, 3.8) is 0 Å². The van der Waals surface area contributed by atoms with Crippen molar-refractivity contribution in [3.8, 4) is 0 Å². The van der Waals surface area contributed by atoms with Gasteiger partial charge in [0.15, 0.2) is 0 Å². The Morgan fingerprint density at radius 1 is 0.981 bits per heavy atom. The molecule has 10 nitrogen and oxygen atoms in total. The van der Waals surface area contributed by atoms with Gasteiger partial charge in [-0.3, -0.25) is 14.4 Å². The fourth-order valence-electron chi connectivity index (χ4n) is 9.06. The molecule has 0 aromatic rings. The van der Waals surface area contributed by atoms with Crippen LogP contribution in [-0.2, 0) is 38.1 Å². The maximum absolute atomic E-state index is 14.3. The van der Waals surface area contributed by atoms with Gasteiger partial charge in [-0.05, 0) is 94.5 Å². The van der Waals surface area contributed by atoms with E-state index in [1.54, 1.807) is 21.1 Å². The van der Waals surface area contributed by atoms with Gasteiger partial charge in [0.05, 0.1) is 12.2 Å². The van der Waals surface area contributed by atoms with Crippen molar-refractivity contribution in [3.05, 3.63) is 23.3 Å². The number of ketones is 2. The number of hydrogen-bond donors (Lipinski definition) is 1. The molecule has 10 heteroatoms. The highest BCUT2D eigenvalue weighted by Gasteiger charge is 2.56. The highest BCUT2D eigenvalue weighted by atomic mass is 16.7. The molecular weight excluding hydrogens is 662 g/mol. The third-order valence-corrected chi connectivity index (χ3v) is 12.5. The van der Waals surface area contributed by atoms with Gasteiger partial charge in [0.2, 0.25) is 5.79 Å². The fourth-order valence-corrected chi connectivity index (χ4v) is 9.06. The Morgan fingerprint density at radius 2 is 1.65 bits per heavy atom. The third kappa shape index (κ3) is 10.4. The smallest absolute Gasteiger partial charge is 0.329 e. The molecule has 4 rings (SSSR count). The first-order valence-corrected chi connectivity index (χ1v) is 20.1. The van der Waals surface area contributed by atoms with Crippen LogP contribution in [0.2, 0.25) is 0 Å². The molecule has 2 saturated heterocycles. The SMILES string of the molecule is CCC1CCN2C(=O)C(=O)C3(O)OC(C(OC)CC(C)CC(C)=CCC(=O)CCC(C)C(C(C)=CC4CCCCC4)OC(=O)C2C1)C(OC)CC3C. The molecule has 0 aromatic carbocycles. The van der Waals surface area contributed by atoms with Crippen molar-refractivity contribution < 1.29 is 43.2 Å². The Morgan fingerprint density at radius 3 is 2.31 bits per heavy atom. The summed E-state index contributed by atoms with van der Waals surface area (Å²) in [5.41, 5.74) is 2.05. The van der Waals surface area contributed by atoms with Crippen molar-refractivity contribution in [1.29, 1.82) is 0 Å². The van der Waals surface area contributed by atoms with E-state index < -0.39 is 59.8 Å². The van der Waals surface area contributed by atoms with Crippen LogP contribution in [0.25, 0.3) is 0 Å². The number of methoxy groups -OCH3 is 2. The van der Waals surface area contributed by atoms with Crippen LogP contribution in [0.15, 0.2) is 23.3 Å². The lowest BCUT2D eigenvalue weighted by Crippen LogP contribution is -2.64. The van der Waals surface area contributed by atoms with Crippen LogP contribution in [-0.4, -0.2) is 90.5 Å². The lowest BCUT2D eigenvalue weighted by molar-refractivity contribution is -0.302. The molecule has 3 fully saturated rings. The second kappa shape index (κ2) is 19.3. The van der Waals surface area contributed by atoms with Crippen molar-refractivity contribution >= 4 is 23.4 Å². The molecular formula is C42H67NO9. The third-order valence-electron chi connectivity index (χ3n) is 12.5. The summed E-state index contributed by atoms with van der Waals surface area (Å²) in [4.78, 5) is 57.3. The predicted molar refractivity (Wildman–Crippen MR) is 199 cm³/mol. The number of carbonyl (C=O) groups is 4. The molecule has 3 aliphatic heterocycles. The summed E-state index contributed by atoms with van der Waals surface area (Å²) in [6, 6.07) is -0.992. The number of ether oxygens (including phenoxy) is 4. The summed E-state index contributed by atoms with van der Waals surface area (Å²) in [5, 5.41) is 12.0. The van der Waals surface area contributed by atoms with E-state index in [0.717, 1.165) is 36.8 Å². The second-order valence-corrected chi connectivity index (χ2v) is 16.6. The van der Waals surface area contributed by atoms with Gasteiger partial charge in [-0.2, -0.15) is 0 Å². The summed E-state index contributed by atoms with van der Waals surface area (Å²) in [6.45, 7) is 12.1. The van der Waals surface area contributed by atoms with E-state index in [1.807, 2.05) is 26.8 Å². The van der Waals surface area contributed by atoms with Gasteiger partial charge < -0.3 is 29.0 Å². The number of esters is 1. The van der Waals surface area contributed by atoms with E-state index >= 15 is 0 Å². The number of nitrogens with zero attached hydrogens (tertiary/aromatic N) is 1. The number of cyclic esters (lactones) is 1. The number of amides is 1. The predicted octanol–water partition coefficient (Wildman–Crippen LogP) is 6.91. The van der Waals surface area contributed by atoms with E-state index in [9.17, 15) is 24.3 Å². The molecule has 1 aliphatic carbocycles. The minimum atomic E-state index is -2.43. The molecule has 10 unspecified atom stereocenters. The standard InChI is InChI=1S/C42H67NO9/c1-9-31-19-20-43-34(25-31)41(47)51-37(29(5)23-32-13-11-10-12-14-32)28(4)16-18-33(44)17-15-26(2)21-27(3)22-35(49-7)38-36(50-8)24-30(6)42(48,52-38)39(45)40(43)46/h15,23,27-28,30-32,34-38,48H,9-14,16-22,24-25H2,1-8H3. The molecule has 1 amide bonds. The minimum Gasteiger partial charge on any atom is -0.456 e. The quantitative estimate of drug-likeness (QED) is 0.183. The normalized spacial score (nSPS) is 37.5. The molecule has 2 bridgehead atoms. The van der Waals surface area contributed by atoms with E-state index in [2.05, 4.69) is 19.9 Å². The maximum Gasteiger partial charge on any atom is 0.329 e. The van der Waals surface area contributed by atoms with Crippen LogP contribution < -0.4 is 0 Å². The van der Waals surface area contributed by atoms with Gasteiger partial charge in [-0.15, -0.1) is 0 Å². The second-order valence-electron chi connectivity index (χ2n) is 16.6. The molecule has 3 heterocycles. The summed E-state index contributed by atoms with van der Waals surface area (Å²) in [6.07, 6.45) is 12.2. The molecule has 1 saturated carbocycles. The van der Waals surface area contributed by atoms with Gasteiger partial charge >= 0.3 is 5.97 Å². The van der Waals surface area contributed by atoms with Crippen LogP contribution >= 0.6 is 0 Å². The highest BCUT2D eigenvalue weighted by molar-refractivity contribution is 6.39. The van der Waals surface area contributed by atoms with Crippen LogP contribution in [0.1, 0.15) is 131 Å². The van der Waals surface area contributed by atoms with E-state index in [-0.39, 0.29) is 36.5 Å². The first kappa shape index (κ1) is 42.3.